The first-order valence-corrected chi connectivity index (χ1v) is 8.90. The molecule has 2 heterocycles. The van der Waals surface area contributed by atoms with E-state index in [9.17, 15) is 0 Å². The van der Waals surface area contributed by atoms with Gasteiger partial charge in [0, 0.05) is 18.7 Å². The predicted octanol–water partition coefficient (Wildman–Crippen LogP) is 4.47. The van der Waals surface area contributed by atoms with Crippen molar-refractivity contribution in [1.82, 2.24) is 14.5 Å². The fraction of sp³-hybridized carbons (Fsp3) is 0.176. The van der Waals surface area contributed by atoms with Crippen LogP contribution in [0.5, 0.6) is 11.5 Å². The Bertz CT molecular complexity index is 1040. The van der Waals surface area contributed by atoms with Gasteiger partial charge in [0.05, 0.1) is 41.8 Å². The van der Waals surface area contributed by atoms with E-state index >= 15 is 0 Å². The van der Waals surface area contributed by atoms with Crippen LogP contribution in [-0.2, 0) is 6.54 Å². The molecular weight excluding hydrogens is 390 g/mol. The molecule has 0 saturated heterocycles. The quantitative estimate of drug-likeness (QED) is 0.504. The maximum absolute atomic E-state index is 5.40. The summed E-state index contributed by atoms with van der Waals surface area (Å²) in [5, 5.41) is 0. The second-order valence-corrected chi connectivity index (χ2v) is 7.64. The minimum atomic E-state index is 0.686. The van der Waals surface area contributed by atoms with Crippen LogP contribution >= 0.6 is 27.3 Å². The van der Waals surface area contributed by atoms with Gasteiger partial charge in [-0.25, -0.2) is 9.97 Å². The van der Waals surface area contributed by atoms with Gasteiger partial charge in [0.2, 0.25) is 0 Å². The van der Waals surface area contributed by atoms with Gasteiger partial charge in [-0.2, -0.15) is 0 Å². The molecule has 0 radical (unpaired) electrons. The van der Waals surface area contributed by atoms with Crippen molar-refractivity contribution in [2.45, 2.75) is 6.54 Å². The number of benzene rings is 2. The van der Waals surface area contributed by atoms with E-state index < -0.39 is 0 Å². The van der Waals surface area contributed by atoms with E-state index in [1.165, 1.54) is 10.3 Å². The molecule has 4 rings (SSSR count). The number of rotatable bonds is 4. The molecule has 24 heavy (non-hydrogen) atoms. The van der Waals surface area contributed by atoms with Crippen molar-refractivity contribution in [2.75, 3.05) is 14.2 Å². The molecule has 2 aromatic carbocycles. The third kappa shape index (κ3) is 2.63. The Morgan fingerprint density at radius 3 is 2.67 bits per heavy atom. The predicted molar refractivity (Wildman–Crippen MR) is 99.3 cm³/mol. The molecule has 0 aliphatic rings. The first-order chi connectivity index (χ1) is 11.7. The number of imidazole rings is 1. The lowest BCUT2D eigenvalue weighted by Gasteiger charge is -2.09. The molecule has 0 bridgehead atoms. The zero-order valence-corrected chi connectivity index (χ0v) is 15.5. The van der Waals surface area contributed by atoms with Gasteiger partial charge < -0.3 is 14.0 Å². The Kier molecular flexibility index (Phi) is 3.90. The minimum Gasteiger partial charge on any atom is -0.493 e. The van der Waals surface area contributed by atoms with Gasteiger partial charge in [0.25, 0.3) is 0 Å². The van der Waals surface area contributed by atoms with Gasteiger partial charge in [0.15, 0.2) is 15.4 Å². The van der Waals surface area contributed by atoms with Crippen LogP contribution < -0.4 is 9.47 Å². The summed E-state index contributed by atoms with van der Waals surface area (Å²) in [6.45, 7) is 0.734. The lowest BCUT2D eigenvalue weighted by Crippen LogP contribution is -1.98. The fourth-order valence-electron chi connectivity index (χ4n) is 2.75. The van der Waals surface area contributed by atoms with Crippen LogP contribution in [0.2, 0.25) is 0 Å². The molecule has 7 heteroatoms. The van der Waals surface area contributed by atoms with E-state index in [0.29, 0.717) is 11.5 Å². The average molecular weight is 404 g/mol. The summed E-state index contributed by atoms with van der Waals surface area (Å²) in [7, 11) is 3.27. The number of thiazole rings is 1. The molecule has 0 spiro atoms. The molecule has 122 valence electrons. The van der Waals surface area contributed by atoms with Crippen LogP contribution in [0.1, 0.15) is 5.56 Å². The van der Waals surface area contributed by atoms with E-state index in [-0.39, 0.29) is 0 Å². The standard InChI is InChI=1S/C17H14BrN3O2S/c1-22-14-6-12-13(7-15(14)23-2)21(9-19-12)8-10-3-4-11-16(5-10)24-17(18)20-11/h3-7,9H,8H2,1-2H3. The van der Waals surface area contributed by atoms with E-state index in [4.69, 9.17) is 9.47 Å². The van der Waals surface area contributed by atoms with E-state index in [1.54, 1.807) is 25.6 Å². The van der Waals surface area contributed by atoms with Crippen molar-refractivity contribution in [1.29, 1.82) is 0 Å². The van der Waals surface area contributed by atoms with Crippen LogP contribution in [0.25, 0.3) is 21.3 Å². The second kappa shape index (κ2) is 6.07. The van der Waals surface area contributed by atoms with Crippen molar-refractivity contribution >= 4 is 48.5 Å². The summed E-state index contributed by atoms with van der Waals surface area (Å²) in [5.74, 6) is 1.39. The zero-order valence-electron chi connectivity index (χ0n) is 13.1. The maximum atomic E-state index is 5.40. The number of aromatic nitrogens is 3. The smallest absolute Gasteiger partial charge is 0.163 e. The van der Waals surface area contributed by atoms with Crippen LogP contribution in [0.3, 0.4) is 0 Å². The summed E-state index contributed by atoms with van der Waals surface area (Å²) in [6.07, 6.45) is 1.84. The minimum absolute atomic E-state index is 0.686. The van der Waals surface area contributed by atoms with Crippen molar-refractivity contribution in [3.8, 4) is 11.5 Å². The van der Waals surface area contributed by atoms with Gasteiger partial charge in [-0.3, -0.25) is 0 Å². The number of hydrogen-bond donors (Lipinski definition) is 0. The highest BCUT2D eigenvalue weighted by molar-refractivity contribution is 9.11. The van der Waals surface area contributed by atoms with Gasteiger partial charge in [-0.15, -0.1) is 11.3 Å². The van der Waals surface area contributed by atoms with Gasteiger partial charge >= 0.3 is 0 Å². The van der Waals surface area contributed by atoms with Crippen LogP contribution in [0.4, 0.5) is 0 Å². The van der Waals surface area contributed by atoms with Crippen LogP contribution in [0, 0.1) is 0 Å². The number of methoxy groups -OCH3 is 2. The lowest BCUT2D eigenvalue weighted by molar-refractivity contribution is 0.355. The van der Waals surface area contributed by atoms with Crippen molar-refractivity contribution in [2.24, 2.45) is 0 Å². The Labute approximate surface area is 151 Å². The van der Waals surface area contributed by atoms with E-state index in [1.807, 2.05) is 18.5 Å². The Balaban J connectivity index is 1.75. The third-order valence-corrected chi connectivity index (χ3v) is 5.38. The normalized spacial score (nSPS) is 11.3. The van der Waals surface area contributed by atoms with E-state index in [2.05, 4.69) is 48.7 Å². The summed E-state index contributed by atoms with van der Waals surface area (Å²) in [6, 6.07) is 10.2. The summed E-state index contributed by atoms with van der Waals surface area (Å²) >= 11 is 5.08. The average Bonchev–Trinajstić information content (AvgIpc) is 3.15. The van der Waals surface area contributed by atoms with Crippen molar-refractivity contribution < 1.29 is 9.47 Å². The number of hydrogen-bond acceptors (Lipinski definition) is 5. The Hall–Kier alpha value is -2.12. The van der Waals surface area contributed by atoms with Crippen molar-refractivity contribution in [3.63, 3.8) is 0 Å². The first-order valence-electron chi connectivity index (χ1n) is 7.30. The Morgan fingerprint density at radius 1 is 1.08 bits per heavy atom. The third-order valence-electron chi connectivity index (χ3n) is 3.91. The van der Waals surface area contributed by atoms with Gasteiger partial charge in [-0.05, 0) is 33.6 Å². The zero-order chi connectivity index (χ0) is 16.7. The molecule has 5 nitrogen and oxygen atoms in total. The molecule has 0 N–H and O–H groups in total. The largest absolute Gasteiger partial charge is 0.493 e. The van der Waals surface area contributed by atoms with E-state index in [0.717, 1.165) is 27.0 Å². The first kappa shape index (κ1) is 15.4. The monoisotopic (exact) mass is 403 g/mol. The molecule has 4 aromatic rings. The van der Waals surface area contributed by atoms with Crippen molar-refractivity contribution in [3.05, 3.63) is 46.1 Å². The maximum Gasteiger partial charge on any atom is 0.163 e. The number of ether oxygens (including phenoxy) is 2. The molecule has 0 aliphatic heterocycles. The fourth-order valence-corrected chi connectivity index (χ4v) is 4.22. The summed E-state index contributed by atoms with van der Waals surface area (Å²) < 4.78 is 14.9. The molecule has 0 aliphatic carbocycles. The van der Waals surface area contributed by atoms with Crippen LogP contribution in [-0.4, -0.2) is 28.8 Å². The summed E-state index contributed by atoms with van der Waals surface area (Å²) in [4.78, 5) is 8.90. The van der Waals surface area contributed by atoms with Gasteiger partial charge in [-0.1, -0.05) is 6.07 Å². The lowest BCUT2D eigenvalue weighted by atomic mass is 10.2. The number of fused-ring (bicyclic) bond motifs is 2. The molecule has 0 atom stereocenters. The highest BCUT2D eigenvalue weighted by Crippen LogP contribution is 2.32. The Morgan fingerprint density at radius 2 is 1.88 bits per heavy atom. The molecular formula is C17H14BrN3O2S. The topological polar surface area (TPSA) is 49.2 Å². The van der Waals surface area contributed by atoms with Crippen LogP contribution in [0.15, 0.2) is 40.6 Å². The highest BCUT2D eigenvalue weighted by Gasteiger charge is 2.11. The molecule has 0 fully saturated rings. The second-order valence-electron chi connectivity index (χ2n) is 5.34. The summed E-state index contributed by atoms with van der Waals surface area (Å²) in [5.41, 5.74) is 4.11. The van der Waals surface area contributed by atoms with Gasteiger partial charge in [0.1, 0.15) is 0 Å². The molecule has 0 unspecified atom stereocenters. The number of halogens is 1. The molecule has 0 amide bonds. The highest BCUT2D eigenvalue weighted by atomic mass is 79.9. The SMILES string of the molecule is COc1cc2ncn(Cc3ccc4nc(Br)sc4c3)c2cc1OC. The number of nitrogens with zero attached hydrogens (tertiary/aromatic N) is 3. The molecule has 2 aromatic heterocycles. The molecule has 0 saturated carbocycles.